The highest BCUT2D eigenvalue weighted by atomic mass is 19.1. The van der Waals surface area contributed by atoms with Crippen LogP contribution in [-0.4, -0.2) is 88.0 Å². The number of piperazine rings is 1. The molecule has 5 atom stereocenters. The number of rotatable bonds is 14. The monoisotopic (exact) mass is 677 g/mol. The Morgan fingerprint density at radius 2 is 1.59 bits per heavy atom. The van der Waals surface area contributed by atoms with Crippen LogP contribution in [0.1, 0.15) is 88.2 Å². The number of hydrogen-bond acceptors (Lipinski definition) is 6. The van der Waals surface area contributed by atoms with E-state index >= 15 is 4.39 Å². The average Bonchev–Trinajstić information content (AvgIpc) is 3.95. The van der Waals surface area contributed by atoms with Crippen LogP contribution < -0.4 is 16.0 Å². The lowest BCUT2D eigenvalue weighted by Crippen LogP contribution is -2.58. The van der Waals surface area contributed by atoms with Crippen LogP contribution in [0.3, 0.4) is 0 Å². The highest BCUT2D eigenvalue weighted by Gasteiger charge is 2.48. The summed E-state index contributed by atoms with van der Waals surface area (Å²) in [7, 11) is 2.03. The third-order valence-corrected chi connectivity index (χ3v) is 11.4. The number of halogens is 1. The molecule has 3 saturated carbocycles. The zero-order valence-corrected chi connectivity index (χ0v) is 29.5. The molecule has 12 heteroatoms. The zero-order chi connectivity index (χ0) is 35.0. The normalized spacial score (nSPS) is 22.3. The Kier molecular flexibility index (Phi) is 10.4. The number of amides is 4. The number of hydrogen-bond donors (Lipinski definition) is 3. The lowest BCUT2D eigenvalue weighted by atomic mass is 9.88. The van der Waals surface area contributed by atoms with Crippen molar-refractivity contribution in [3.05, 3.63) is 47.5 Å². The van der Waals surface area contributed by atoms with Crippen molar-refractivity contribution < 1.29 is 23.6 Å². The molecule has 4 aliphatic rings. The Morgan fingerprint density at radius 1 is 0.918 bits per heavy atom. The van der Waals surface area contributed by atoms with Crippen LogP contribution in [0.4, 0.5) is 10.1 Å². The highest BCUT2D eigenvalue weighted by Crippen LogP contribution is 2.51. The van der Waals surface area contributed by atoms with Crippen molar-refractivity contribution in [1.82, 2.24) is 30.2 Å². The minimum absolute atomic E-state index is 0.00584. The molecule has 0 radical (unpaired) electrons. The summed E-state index contributed by atoms with van der Waals surface area (Å²) in [6, 6.07) is 4.70. The number of carbonyl (C=O) groups excluding carboxylic acids is 4. The van der Waals surface area contributed by atoms with Crippen molar-refractivity contribution in [1.29, 1.82) is 0 Å². The van der Waals surface area contributed by atoms with E-state index in [1.165, 1.54) is 12.1 Å². The Bertz CT molecular complexity index is 1540. The third kappa shape index (κ3) is 8.00. The molecule has 6 rings (SSSR count). The van der Waals surface area contributed by atoms with Gasteiger partial charge in [-0.2, -0.15) is 5.10 Å². The summed E-state index contributed by atoms with van der Waals surface area (Å²) in [5.74, 6) is -1.50. The predicted molar refractivity (Wildman–Crippen MR) is 184 cm³/mol. The highest BCUT2D eigenvalue weighted by molar-refractivity contribution is 6.01. The van der Waals surface area contributed by atoms with Gasteiger partial charge in [0, 0.05) is 50.3 Å². The molecule has 0 unspecified atom stereocenters. The molecule has 1 aromatic carbocycles. The van der Waals surface area contributed by atoms with Gasteiger partial charge in [0.05, 0.1) is 5.69 Å². The average molecular weight is 678 g/mol. The predicted octanol–water partition coefficient (Wildman–Crippen LogP) is 4.01. The summed E-state index contributed by atoms with van der Waals surface area (Å²) in [5.41, 5.74) is 0.928. The maximum Gasteiger partial charge on any atom is 0.270 e. The fraction of sp³-hybridized carbons (Fsp3) is 0.649. The number of likely N-dealkylation sites (N-methyl/N-ethyl adjacent to an activating group) is 1. The topological polar surface area (TPSA) is 129 Å². The molecule has 1 saturated heterocycles. The second-order valence-electron chi connectivity index (χ2n) is 15.0. The molecule has 3 aliphatic carbocycles. The first kappa shape index (κ1) is 35.0. The number of nitrogens with zero attached hydrogens (tertiary/aromatic N) is 4. The minimum Gasteiger partial charge on any atom is -0.343 e. The van der Waals surface area contributed by atoms with E-state index in [2.05, 4.69) is 32.9 Å². The van der Waals surface area contributed by atoms with E-state index in [1.54, 1.807) is 27.9 Å². The number of carbonyl (C=O) groups is 4. The van der Waals surface area contributed by atoms with Gasteiger partial charge >= 0.3 is 0 Å². The number of anilines is 1. The molecule has 11 nitrogen and oxygen atoms in total. The molecular formula is C37H52FN7O4. The summed E-state index contributed by atoms with van der Waals surface area (Å²) in [6.07, 6.45) is 7.62. The maximum atomic E-state index is 15.9. The zero-order valence-electron chi connectivity index (χ0n) is 29.5. The van der Waals surface area contributed by atoms with E-state index in [-0.39, 0.29) is 41.3 Å². The standard InChI is InChI=1S/C37H52FN7O4/c1-6-45-30(15-16-39-45)35(47)42-33(31(25-9-10-25)26-11-12-26)36(48)40-29-14-13-27(19-28(29)38)22(3)32(41-34(46)23(4)24-7-8-24)37(49)44-18-17-43(5)21(2)20-44/h13-16,19,21-26,31-33H,6-12,17-18,20H2,1-5H3,(H,40,48)(H,41,46)(H,42,47)/t21-,22+,23-,32-,33+/m1/s1. The fourth-order valence-corrected chi connectivity index (χ4v) is 7.48. The van der Waals surface area contributed by atoms with E-state index in [0.29, 0.717) is 48.6 Å². The van der Waals surface area contributed by atoms with Gasteiger partial charge in [-0.25, -0.2) is 4.39 Å². The summed E-state index contributed by atoms with van der Waals surface area (Å²) < 4.78 is 17.5. The van der Waals surface area contributed by atoms with Gasteiger partial charge < -0.3 is 25.8 Å². The maximum absolute atomic E-state index is 15.9. The molecule has 0 spiro atoms. The van der Waals surface area contributed by atoms with Gasteiger partial charge in [0.25, 0.3) is 5.91 Å². The second-order valence-corrected chi connectivity index (χ2v) is 15.0. The van der Waals surface area contributed by atoms with Gasteiger partial charge in [-0.05, 0) is 107 Å². The van der Waals surface area contributed by atoms with Crippen molar-refractivity contribution in [3.8, 4) is 0 Å². The van der Waals surface area contributed by atoms with Crippen LogP contribution in [0.15, 0.2) is 30.5 Å². The van der Waals surface area contributed by atoms with Gasteiger partial charge in [-0.3, -0.25) is 23.9 Å². The number of nitrogens with one attached hydrogen (secondary N) is 3. The smallest absolute Gasteiger partial charge is 0.270 e. The van der Waals surface area contributed by atoms with Gasteiger partial charge in [0.15, 0.2) is 0 Å². The third-order valence-electron chi connectivity index (χ3n) is 11.4. The second kappa shape index (κ2) is 14.6. The van der Waals surface area contributed by atoms with Gasteiger partial charge in [0.1, 0.15) is 23.6 Å². The summed E-state index contributed by atoms with van der Waals surface area (Å²) in [4.78, 5) is 58.5. The van der Waals surface area contributed by atoms with E-state index in [1.807, 2.05) is 27.8 Å². The van der Waals surface area contributed by atoms with Gasteiger partial charge in [-0.15, -0.1) is 0 Å². The van der Waals surface area contributed by atoms with Crippen LogP contribution in [-0.2, 0) is 20.9 Å². The molecule has 0 bridgehead atoms. The van der Waals surface area contributed by atoms with E-state index in [4.69, 9.17) is 0 Å². The first-order valence-electron chi connectivity index (χ1n) is 18.2. The molecule has 49 heavy (non-hydrogen) atoms. The quantitative estimate of drug-likeness (QED) is 0.277. The van der Waals surface area contributed by atoms with Crippen molar-refractivity contribution in [2.45, 2.75) is 96.8 Å². The Labute approximate surface area is 288 Å². The molecule has 1 aliphatic heterocycles. The first-order chi connectivity index (χ1) is 23.5. The number of benzene rings is 1. The molecule has 3 N–H and O–H groups in total. The van der Waals surface area contributed by atoms with E-state index < -0.39 is 29.7 Å². The molecule has 266 valence electrons. The lowest BCUT2D eigenvalue weighted by Gasteiger charge is -2.40. The Morgan fingerprint density at radius 3 is 2.18 bits per heavy atom. The Balaban J connectivity index is 1.20. The van der Waals surface area contributed by atoms with Crippen molar-refractivity contribution in [3.63, 3.8) is 0 Å². The van der Waals surface area contributed by atoms with E-state index in [0.717, 1.165) is 45.1 Å². The van der Waals surface area contributed by atoms with Gasteiger partial charge in [-0.1, -0.05) is 19.9 Å². The summed E-state index contributed by atoms with van der Waals surface area (Å²) in [5, 5.41) is 13.0. The molecule has 2 heterocycles. The van der Waals surface area contributed by atoms with Crippen molar-refractivity contribution in [2.24, 2.45) is 29.6 Å². The Hall–Kier alpha value is -3.80. The minimum atomic E-state index is -0.863. The fourth-order valence-electron chi connectivity index (χ4n) is 7.48. The molecule has 2 aromatic rings. The van der Waals surface area contributed by atoms with Gasteiger partial charge in [0.2, 0.25) is 17.7 Å². The number of aromatic nitrogens is 2. The largest absolute Gasteiger partial charge is 0.343 e. The van der Waals surface area contributed by atoms with E-state index in [9.17, 15) is 19.2 Å². The molecular weight excluding hydrogens is 625 g/mol. The summed E-state index contributed by atoms with van der Waals surface area (Å²) in [6.45, 7) is 10.0. The van der Waals surface area contributed by atoms with Crippen molar-refractivity contribution in [2.75, 3.05) is 32.0 Å². The molecule has 4 fully saturated rings. The van der Waals surface area contributed by atoms with Crippen molar-refractivity contribution >= 4 is 29.3 Å². The number of aryl methyl sites for hydroxylation is 1. The van der Waals surface area contributed by atoms with Crippen LogP contribution in [0, 0.1) is 35.4 Å². The summed E-state index contributed by atoms with van der Waals surface area (Å²) >= 11 is 0. The SMILES string of the molecule is CCn1nccc1C(=O)N[C@H](C(=O)Nc1ccc([C@H](C)[C@@H](NC(=O)[C@H](C)C2CC2)C(=O)N2CCN(C)[C@H](C)C2)cc1F)C(C1CC1)C1CC1. The molecule has 4 amide bonds. The first-order valence-corrected chi connectivity index (χ1v) is 18.2. The van der Waals surface area contributed by atoms with Crippen LogP contribution >= 0.6 is 0 Å². The lowest BCUT2D eigenvalue weighted by molar-refractivity contribution is -0.140. The molecule has 1 aromatic heterocycles. The van der Waals surface area contributed by atoms with Crippen LogP contribution in [0.5, 0.6) is 0 Å². The van der Waals surface area contributed by atoms with Crippen LogP contribution in [0.2, 0.25) is 0 Å². The van der Waals surface area contributed by atoms with Crippen LogP contribution in [0.25, 0.3) is 0 Å².